The van der Waals surface area contributed by atoms with Gasteiger partial charge in [0.2, 0.25) is 10.4 Å². The minimum absolute atomic E-state index is 0. The Morgan fingerprint density at radius 1 is 0.733 bits per heavy atom. The van der Waals surface area contributed by atoms with Gasteiger partial charge in [0.1, 0.15) is 0 Å². The van der Waals surface area contributed by atoms with Gasteiger partial charge in [-0.3, -0.25) is 4.18 Å². The van der Waals surface area contributed by atoms with Gasteiger partial charge < -0.3 is 4.55 Å². The van der Waals surface area contributed by atoms with Crippen LogP contribution in [0, 0.1) is 5.92 Å². The molecule has 0 spiro atoms. The van der Waals surface area contributed by atoms with Gasteiger partial charge in [-0.1, -0.05) is 122 Å². The molecule has 0 heterocycles. The predicted octanol–water partition coefficient (Wildman–Crippen LogP) is 4.70. The first kappa shape index (κ1) is 33.4. The zero-order valence-electron chi connectivity index (χ0n) is 20.2. The smallest absolute Gasteiger partial charge is 0.726 e. The van der Waals surface area contributed by atoms with Crippen LogP contribution in [0.15, 0.2) is 12.2 Å². The van der Waals surface area contributed by atoms with Crippen molar-refractivity contribution in [2.45, 2.75) is 129 Å². The number of hydrogen-bond acceptors (Lipinski definition) is 4. The fourth-order valence-corrected chi connectivity index (χ4v) is 3.97. The van der Waals surface area contributed by atoms with Crippen LogP contribution in [-0.2, 0) is 14.6 Å². The summed E-state index contributed by atoms with van der Waals surface area (Å²) in [4.78, 5) is 0. The second-order valence-corrected chi connectivity index (χ2v) is 9.46. The van der Waals surface area contributed by atoms with Gasteiger partial charge in [-0.2, -0.15) is 0 Å². The summed E-state index contributed by atoms with van der Waals surface area (Å²) in [5.74, 6) is 0.0214. The summed E-state index contributed by atoms with van der Waals surface area (Å²) in [5.41, 5.74) is 0. The molecule has 0 aliphatic heterocycles. The Labute approximate surface area is 230 Å². The van der Waals surface area contributed by atoms with E-state index in [0.717, 1.165) is 25.7 Å². The summed E-state index contributed by atoms with van der Waals surface area (Å²) < 4.78 is 36.7. The summed E-state index contributed by atoms with van der Waals surface area (Å²) in [6.45, 7) is 4.42. The molecule has 174 valence electrons. The second-order valence-electron chi connectivity index (χ2n) is 8.41. The predicted molar refractivity (Wildman–Crippen MR) is 123 cm³/mol. The third kappa shape index (κ3) is 27.3. The quantitative estimate of drug-likeness (QED) is 0.0756. The topological polar surface area (TPSA) is 66.4 Å². The normalized spacial score (nSPS) is 12.9. The Morgan fingerprint density at radius 3 is 1.63 bits per heavy atom. The minimum atomic E-state index is -4.60. The second kappa shape index (κ2) is 24.9. The summed E-state index contributed by atoms with van der Waals surface area (Å²) >= 11 is 0. The Hall–Kier alpha value is 1.25. The number of unbranched alkanes of at least 4 members (excludes halogenated alkanes) is 15. The first-order valence-electron chi connectivity index (χ1n) is 12.3. The summed E-state index contributed by atoms with van der Waals surface area (Å²) in [6, 6.07) is 0. The van der Waals surface area contributed by atoms with E-state index in [9.17, 15) is 13.0 Å². The van der Waals surface area contributed by atoms with Crippen LogP contribution in [0.3, 0.4) is 0 Å². The van der Waals surface area contributed by atoms with Crippen LogP contribution < -0.4 is 51.4 Å². The van der Waals surface area contributed by atoms with Crippen LogP contribution in [0.25, 0.3) is 0 Å². The third-order valence-electron chi connectivity index (χ3n) is 5.49. The minimum Gasteiger partial charge on any atom is -0.726 e. The maximum absolute atomic E-state index is 10.7. The molecule has 0 radical (unpaired) electrons. The van der Waals surface area contributed by atoms with Crippen LogP contribution in [0.2, 0.25) is 0 Å². The van der Waals surface area contributed by atoms with E-state index in [-0.39, 0.29) is 63.9 Å². The number of rotatable bonds is 22. The molecule has 0 saturated heterocycles. The molecule has 4 nitrogen and oxygen atoms in total. The summed E-state index contributed by atoms with van der Waals surface area (Å²) in [6.07, 6.45) is 26.7. The fraction of sp³-hybridized carbons (Fsp3) is 0.917. The largest absolute Gasteiger partial charge is 1.00 e. The molecule has 1 unspecified atom stereocenters. The Balaban J connectivity index is 0. The summed E-state index contributed by atoms with van der Waals surface area (Å²) in [5, 5.41) is 0. The van der Waals surface area contributed by atoms with Crippen molar-refractivity contribution in [3.05, 3.63) is 12.2 Å². The van der Waals surface area contributed by atoms with Crippen LogP contribution >= 0.6 is 0 Å². The maximum Gasteiger partial charge on any atom is 1.00 e. The first-order valence-corrected chi connectivity index (χ1v) is 13.6. The first-order chi connectivity index (χ1) is 14.0. The molecule has 0 N–H and O–H groups in total. The summed E-state index contributed by atoms with van der Waals surface area (Å²) in [7, 11) is -4.60. The average molecular weight is 471 g/mol. The van der Waals surface area contributed by atoms with Crippen molar-refractivity contribution >= 4 is 10.4 Å². The van der Waals surface area contributed by atoms with Gasteiger partial charge in [-0.05, 0) is 19.3 Å². The molecule has 6 heteroatoms. The van der Waals surface area contributed by atoms with Gasteiger partial charge in [0, 0.05) is 5.92 Å². The molecule has 0 aromatic heterocycles. The van der Waals surface area contributed by atoms with Crippen molar-refractivity contribution in [1.82, 2.24) is 0 Å². The number of allylic oxidation sites excluding steroid dienone is 1. The van der Waals surface area contributed by atoms with Crippen molar-refractivity contribution in [2.75, 3.05) is 6.61 Å². The molecule has 1 atom stereocenters. The number of hydrogen-bond donors (Lipinski definition) is 0. The van der Waals surface area contributed by atoms with Crippen molar-refractivity contribution in [1.29, 1.82) is 0 Å². The van der Waals surface area contributed by atoms with E-state index in [0.29, 0.717) is 0 Å². The standard InChI is InChI=1S/C24H48O4S.K/c1-3-5-7-9-10-11-12-13-14-15-16-18-20-22-24(23-28-29(25,26)27)21-19-17-8-6-4-2;/h19,21,24H,3-18,20,22-23H2,1-2H3,(H,25,26,27);/q;+1/p-1/b21-19+;. The van der Waals surface area contributed by atoms with E-state index < -0.39 is 10.4 Å². The van der Waals surface area contributed by atoms with Gasteiger partial charge in [-0.15, -0.1) is 0 Å². The zero-order valence-corrected chi connectivity index (χ0v) is 24.1. The molecule has 0 aromatic carbocycles. The van der Waals surface area contributed by atoms with Crippen LogP contribution in [-0.4, -0.2) is 19.6 Å². The molecule has 0 aliphatic carbocycles. The molecule has 0 amide bonds. The van der Waals surface area contributed by atoms with Crippen molar-refractivity contribution < 1.29 is 68.5 Å². The van der Waals surface area contributed by atoms with Gasteiger partial charge in [0.15, 0.2) is 0 Å². The van der Waals surface area contributed by atoms with E-state index in [2.05, 4.69) is 24.1 Å². The monoisotopic (exact) mass is 470 g/mol. The van der Waals surface area contributed by atoms with Gasteiger partial charge >= 0.3 is 51.4 Å². The molecule has 0 aliphatic rings. The van der Waals surface area contributed by atoms with Crippen molar-refractivity contribution in [2.24, 2.45) is 5.92 Å². The SMILES string of the molecule is CCCCC/C=C/C(CCCCCCCCCCCCCCC)COS(=O)(=O)[O-].[K+]. The van der Waals surface area contributed by atoms with Crippen molar-refractivity contribution in [3.63, 3.8) is 0 Å². The molecular formula is C24H47KO4S. The molecule has 30 heavy (non-hydrogen) atoms. The zero-order chi connectivity index (χ0) is 21.6. The molecule has 0 saturated carbocycles. The average Bonchev–Trinajstić information content (AvgIpc) is 2.68. The molecule has 0 rings (SSSR count). The van der Waals surface area contributed by atoms with Gasteiger partial charge in [0.25, 0.3) is 0 Å². The van der Waals surface area contributed by atoms with E-state index in [4.69, 9.17) is 0 Å². The molecular weight excluding hydrogens is 423 g/mol. The fourth-order valence-electron chi connectivity index (χ4n) is 3.63. The molecule has 0 fully saturated rings. The molecule has 0 bridgehead atoms. The third-order valence-corrected chi connectivity index (χ3v) is 5.91. The van der Waals surface area contributed by atoms with E-state index >= 15 is 0 Å². The Bertz CT molecular complexity index is 466. The van der Waals surface area contributed by atoms with Crippen molar-refractivity contribution in [3.8, 4) is 0 Å². The van der Waals surface area contributed by atoms with Crippen LogP contribution in [0.4, 0.5) is 0 Å². The van der Waals surface area contributed by atoms with E-state index in [1.165, 1.54) is 89.9 Å². The van der Waals surface area contributed by atoms with Gasteiger partial charge in [0.05, 0.1) is 6.61 Å². The van der Waals surface area contributed by atoms with Gasteiger partial charge in [-0.25, -0.2) is 8.42 Å². The van der Waals surface area contributed by atoms with E-state index in [1.54, 1.807) is 0 Å². The van der Waals surface area contributed by atoms with Crippen LogP contribution in [0.1, 0.15) is 129 Å². The van der Waals surface area contributed by atoms with Crippen LogP contribution in [0.5, 0.6) is 0 Å². The molecule has 0 aromatic rings. The Morgan fingerprint density at radius 2 is 1.17 bits per heavy atom. The Kier molecular flexibility index (Phi) is 27.7. The maximum atomic E-state index is 10.7. The van der Waals surface area contributed by atoms with E-state index in [1.807, 2.05) is 6.08 Å².